The van der Waals surface area contributed by atoms with Crippen LogP contribution in [0.15, 0.2) is 0 Å². The Bertz CT molecular complexity index is 321. The standard InChI is InChI=1S/C18H33NO4/c1-5-8-9-10-11-12-13-14-15-23-17(20)16(19-4)18(21-6-2)22-7-3/h16,18H,5-15H2,1-3H3. The highest BCUT2D eigenvalue weighted by Gasteiger charge is 2.36. The van der Waals surface area contributed by atoms with Crippen LogP contribution in [0.4, 0.5) is 0 Å². The molecule has 0 N–H and O–H groups in total. The van der Waals surface area contributed by atoms with Gasteiger partial charge in [-0.3, -0.25) is 4.85 Å². The summed E-state index contributed by atoms with van der Waals surface area (Å²) >= 11 is 0. The van der Waals surface area contributed by atoms with Crippen molar-refractivity contribution in [3.63, 3.8) is 0 Å². The maximum atomic E-state index is 12.0. The highest BCUT2D eigenvalue weighted by Crippen LogP contribution is 2.11. The number of nitrogens with zero attached hydrogens (tertiary/aromatic N) is 1. The molecule has 0 aliphatic carbocycles. The quantitative estimate of drug-likeness (QED) is 0.194. The molecule has 5 heteroatoms. The average Bonchev–Trinajstić information content (AvgIpc) is 2.54. The Balaban J connectivity index is 3.86. The Kier molecular flexibility index (Phi) is 15.0. The molecule has 1 atom stereocenters. The summed E-state index contributed by atoms with van der Waals surface area (Å²) in [4.78, 5) is 15.3. The largest absolute Gasteiger partial charge is 0.460 e. The lowest BCUT2D eigenvalue weighted by atomic mass is 10.1. The molecule has 134 valence electrons. The van der Waals surface area contributed by atoms with E-state index in [9.17, 15) is 4.79 Å². The molecule has 0 aromatic heterocycles. The number of rotatable bonds is 15. The van der Waals surface area contributed by atoms with Gasteiger partial charge in [-0.1, -0.05) is 51.9 Å². The Morgan fingerprint density at radius 2 is 1.43 bits per heavy atom. The van der Waals surface area contributed by atoms with Crippen molar-refractivity contribution in [1.29, 1.82) is 0 Å². The molecule has 0 aliphatic heterocycles. The van der Waals surface area contributed by atoms with Crippen molar-refractivity contribution < 1.29 is 19.0 Å². The molecule has 0 saturated heterocycles. The zero-order chi connectivity index (χ0) is 17.3. The van der Waals surface area contributed by atoms with Gasteiger partial charge in [0, 0.05) is 13.2 Å². The highest BCUT2D eigenvalue weighted by molar-refractivity contribution is 5.78. The molecule has 0 aromatic rings. The lowest BCUT2D eigenvalue weighted by Crippen LogP contribution is -2.37. The van der Waals surface area contributed by atoms with Gasteiger partial charge in [-0.05, 0) is 20.3 Å². The van der Waals surface area contributed by atoms with Crippen molar-refractivity contribution in [2.24, 2.45) is 0 Å². The lowest BCUT2D eigenvalue weighted by molar-refractivity contribution is -0.170. The van der Waals surface area contributed by atoms with Crippen molar-refractivity contribution in [2.45, 2.75) is 84.5 Å². The van der Waals surface area contributed by atoms with Gasteiger partial charge in [0.25, 0.3) is 0 Å². The third-order valence-electron chi connectivity index (χ3n) is 3.54. The van der Waals surface area contributed by atoms with Gasteiger partial charge in [0.15, 0.2) is 0 Å². The minimum atomic E-state index is -1.04. The molecule has 0 saturated carbocycles. The number of esters is 1. The summed E-state index contributed by atoms with van der Waals surface area (Å²) in [7, 11) is 0. The van der Waals surface area contributed by atoms with Crippen LogP contribution in [0.3, 0.4) is 0 Å². The average molecular weight is 327 g/mol. The molecular formula is C18H33NO4. The molecule has 1 unspecified atom stereocenters. The van der Waals surface area contributed by atoms with Gasteiger partial charge in [-0.2, -0.15) is 0 Å². The summed E-state index contributed by atoms with van der Waals surface area (Å²) in [6, 6.07) is -1.04. The van der Waals surface area contributed by atoms with Crippen molar-refractivity contribution in [2.75, 3.05) is 19.8 Å². The number of carbonyl (C=O) groups is 1. The molecule has 23 heavy (non-hydrogen) atoms. The van der Waals surface area contributed by atoms with Crippen LogP contribution in [-0.4, -0.2) is 38.1 Å². The predicted molar refractivity (Wildman–Crippen MR) is 91.0 cm³/mol. The number of hydrogen-bond acceptors (Lipinski definition) is 4. The number of unbranched alkanes of at least 4 members (excludes halogenated alkanes) is 7. The van der Waals surface area contributed by atoms with E-state index in [2.05, 4.69) is 11.8 Å². The zero-order valence-electron chi connectivity index (χ0n) is 15.0. The first-order valence-corrected chi connectivity index (χ1v) is 8.97. The summed E-state index contributed by atoms with van der Waals surface area (Å²) in [5, 5.41) is 0. The van der Waals surface area contributed by atoms with E-state index >= 15 is 0 Å². The minimum absolute atomic E-state index is 0.366. The van der Waals surface area contributed by atoms with Crippen molar-refractivity contribution in [3.05, 3.63) is 11.4 Å². The smallest absolute Gasteiger partial charge is 0.395 e. The topological polar surface area (TPSA) is 49.1 Å². The first-order valence-electron chi connectivity index (χ1n) is 8.97. The molecule has 0 fully saturated rings. The number of ether oxygens (including phenoxy) is 3. The van der Waals surface area contributed by atoms with Crippen molar-refractivity contribution >= 4 is 5.97 Å². The van der Waals surface area contributed by atoms with Gasteiger partial charge in [-0.15, -0.1) is 0 Å². The SMILES string of the molecule is [C-]#[N+]C(C(=O)OCCCCCCCCCC)C(OCC)OCC. The summed E-state index contributed by atoms with van der Waals surface area (Å²) in [6.07, 6.45) is 8.67. The maximum Gasteiger partial charge on any atom is 0.395 e. The van der Waals surface area contributed by atoms with Gasteiger partial charge in [0.1, 0.15) is 0 Å². The van der Waals surface area contributed by atoms with Crippen LogP contribution in [0.2, 0.25) is 0 Å². The Hall–Kier alpha value is -1.12. The zero-order valence-corrected chi connectivity index (χ0v) is 15.0. The van der Waals surface area contributed by atoms with Gasteiger partial charge in [0.05, 0.1) is 6.61 Å². The van der Waals surface area contributed by atoms with Gasteiger partial charge >= 0.3 is 12.0 Å². The second-order valence-electron chi connectivity index (χ2n) is 5.50. The molecule has 0 radical (unpaired) electrons. The third kappa shape index (κ3) is 11.1. The Morgan fingerprint density at radius 1 is 0.913 bits per heavy atom. The normalized spacial score (nSPS) is 12.1. The number of carbonyl (C=O) groups excluding carboxylic acids is 1. The second-order valence-corrected chi connectivity index (χ2v) is 5.50. The van der Waals surface area contributed by atoms with E-state index in [0.717, 1.165) is 12.8 Å². The van der Waals surface area contributed by atoms with E-state index in [1.54, 1.807) is 13.8 Å². The predicted octanol–water partition coefficient (Wildman–Crippen LogP) is 4.36. The molecule has 0 spiro atoms. The fraction of sp³-hybridized carbons (Fsp3) is 0.889. The minimum Gasteiger partial charge on any atom is -0.460 e. The van der Waals surface area contributed by atoms with E-state index < -0.39 is 18.3 Å². The van der Waals surface area contributed by atoms with E-state index in [-0.39, 0.29) is 0 Å². The van der Waals surface area contributed by atoms with Crippen LogP contribution in [0, 0.1) is 6.57 Å². The van der Waals surface area contributed by atoms with E-state index in [0.29, 0.717) is 19.8 Å². The summed E-state index contributed by atoms with van der Waals surface area (Å²) in [6.45, 7) is 14.1. The van der Waals surface area contributed by atoms with Gasteiger partial charge in [-0.25, -0.2) is 11.4 Å². The Morgan fingerprint density at radius 3 is 1.91 bits per heavy atom. The second kappa shape index (κ2) is 15.8. The van der Waals surface area contributed by atoms with Crippen molar-refractivity contribution in [3.8, 4) is 0 Å². The molecular weight excluding hydrogens is 294 g/mol. The fourth-order valence-electron chi connectivity index (χ4n) is 2.28. The molecule has 0 rings (SSSR count). The molecule has 0 bridgehead atoms. The maximum absolute atomic E-state index is 12.0. The van der Waals surface area contributed by atoms with Crippen LogP contribution in [0.25, 0.3) is 4.85 Å². The lowest BCUT2D eigenvalue weighted by Gasteiger charge is -2.17. The van der Waals surface area contributed by atoms with Crippen LogP contribution >= 0.6 is 0 Å². The van der Waals surface area contributed by atoms with Crippen LogP contribution in [0.5, 0.6) is 0 Å². The van der Waals surface area contributed by atoms with Gasteiger partial charge in [0.2, 0.25) is 6.29 Å². The number of hydrogen-bond donors (Lipinski definition) is 0. The summed E-state index contributed by atoms with van der Waals surface area (Å²) in [5.74, 6) is -0.546. The molecule has 0 aromatic carbocycles. The molecule has 0 amide bonds. The molecule has 0 heterocycles. The Labute approximate surface area is 141 Å². The third-order valence-corrected chi connectivity index (χ3v) is 3.54. The van der Waals surface area contributed by atoms with E-state index in [1.807, 2.05) is 0 Å². The molecule has 5 nitrogen and oxygen atoms in total. The molecule has 0 aliphatic rings. The summed E-state index contributed by atoms with van der Waals surface area (Å²) < 4.78 is 15.8. The monoisotopic (exact) mass is 327 g/mol. The highest BCUT2D eigenvalue weighted by atomic mass is 16.7. The van der Waals surface area contributed by atoms with Crippen LogP contribution in [-0.2, 0) is 19.0 Å². The van der Waals surface area contributed by atoms with Gasteiger partial charge < -0.3 is 14.2 Å². The first kappa shape index (κ1) is 21.9. The first-order chi connectivity index (χ1) is 11.2. The van der Waals surface area contributed by atoms with E-state index in [4.69, 9.17) is 20.8 Å². The van der Waals surface area contributed by atoms with Crippen LogP contribution < -0.4 is 0 Å². The van der Waals surface area contributed by atoms with Crippen molar-refractivity contribution in [1.82, 2.24) is 0 Å². The van der Waals surface area contributed by atoms with Crippen LogP contribution in [0.1, 0.15) is 72.1 Å². The summed E-state index contributed by atoms with van der Waals surface area (Å²) in [5.41, 5.74) is 0. The fourth-order valence-corrected chi connectivity index (χ4v) is 2.28. The van der Waals surface area contributed by atoms with E-state index in [1.165, 1.54) is 38.5 Å².